The first-order chi connectivity index (χ1) is 9.39. The molecular formula is C15H21F3N2. The van der Waals surface area contributed by atoms with Crippen molar-refractivity contribution < 1.29 is 13.2 Å². The number of hydrazine groups is 1. The van der Waals surface area contributed by atoms with Crippen LogP contribution in [0.25, 0.3) is 0 Å². The summed E-state index contributed by atoms with van der Waals surface area (Å²) in [6, 6.07) is 6.47. The highest BCUT2D eigenvalue weighted by Crippen LogP contribution is 2.32. The summed E-state index contributed by atoms with van der Waals surface area (Å²) in [5.74, 6) is 0. The van der Waals surface area contributed by atoms with Crippen molar-refractivity contribution in [2.24, 2.45) is 0 Å². The van der Waals surface area contributed by atoms with Gasteiger partial charge in [-0.3, -0.25) is 5.43 Å². The van der Waals surface area contributed by atoms with Crippen LogP contribution in [0.4, 0.5) is 13.2 Å². The molecule has 0 saturated carbocycles. The Bertz CT molecular complexity index is 435. The highest BCUT2D eigenvalue weighted by atomic mass is 19.4. The van der Waals surface area contributed by atoms with Gasteiger partial charge in [-0.05, 0) is 38.3 Å². The molecule has 0 amide bonds. The Labute approximate surface area is 117 Å². The summed E-state index contributed by atoms with van der Waals surface area (Å²) in [5.41, 5.74) is 2.93. The molecule has 2 atom stereocenters. The lowest BCUT2D eigenvalue weighted by molar-refractivity contribution is -0.138. The van der Waals surface area contributed by atoms with Crippen LogP contribution in [-0.2, 0) is 12.7 Å². The second-order valence-corrected chi connectivity index (χ2v) is 5.53. The highest BCUT2D eigenvalue weighted by molar-refractivity contribution is 5.29. The first kappa shape index (κ1) is 15.3. The van der Waals surface area contributed by atoms with E-state index in [1.165, 1.54) is 18.6 Å². The fourth-order valence-electron chi connectivity index (χ4n) is 2.86. The van der Waals surface area contributed by atoms with Crippen molar-refractivity contribution in [1.82, 2.24) is 10.4 Å². The number of nitrogens with one attached hydrogen (secondary N) is 1. The molecule has 0 aliphatic carbocycles. The largest absolute Gasteiger partial charge is 0.416 e. The molecule has 1 N–H and O–H groups in total. The number of rotatable bonds is 3. The molecule has 0 spiro atoms. The lowest BCUT2D eigenvalue weighted by Crippen LogP contribution is -2.51. The van der Waals surface area contributed by atoms with E-state index in [0.717, 1.165) is 18.9 Å². The first-order valence-corrected chi connectivity index (χ1v) is 7.06. The van der Waals surface area contributed by atoms with Gasteiger partial charge in [0.25, 0.3) is 0 Å². The van der Waals surface area contributed by atoms with Gasteiger partial charge >= 0.3 is 6.18 Å². The van der Waals surface area contributed by atoms with Crippen LogP contribution >= 0.6 is 0 Å². The number of nitrogens with zero attached hydrogens (tertiary/aromatic N) is 1. The zero-order valence-electron chi connectivity index (χ0n) is 11.9. The SMILES string of the molecule is CC1CCCC(C)N1NCc1ccccc1C(F)(F)F. The maximum Gasteiger partial charge on any atom is 0.416 e. The molecule has 2 rings (SSSR count). The number of hydrogen-bond acceptors (Lipinski definition) is 2. The van der Waals surface area contributed by atoms with Crippen molar-refractivity contribution >= 4 is 0 Å². The molecule has 1 fully saturated rings. The Morgan fingerprint density at radius 2 is 1.75 bits per heavy atom. The normalized spacial score (nSPS) is 24.9. The summed E-state index contributed by atoms with van der Waals surface area (Å²) in [4.78, 5) is 0. The van der Waals surface area contributed by atoms with E-state index >= 15 is 0 Å². The minimum absolute atomic E-state index is 0.213. The van der Waals surface area contributed by atoms with Gasteiger partial charge in [-0.2, -0.15) is 13.2 Å². The van der Waals surface area contributed by atoms with Crippen LogP contribution in [-0.4, -0.2) is 17.1 Å². The Hall–Kier alpha value is -1.07. The summed E-state index contributed by atoms with van der Waals surface area (Å²) in [7, 11) is 0. The molecule has 1 aliphatic heterocycles. The molecule has 112 valence electrons. The molecule has 1 aliphatic rings. The van der Waals surface area contributed by atoms with Crippen molar-refractivity contribution in [3.05, 3.63) is 35.4 Å². The summed E-state index contributed by atoms with van der Waals surface area (Å²) in [6.45, 7) is 4.43. The van der Waals surface area contributed by atoms with E-state index < -0.39 is 11.7 Å². The number of benzene rings is 1. The van der Waals surface area contributed by atoms with Gasteiger partial charge in [0, 0.05) is 18.6 Å². The molecule has 2 nitrogen and oxygen atoms in total. The van der Waals surface area contributed by atoms with Gasteiger partial charge in [0.2, 0.25) is 0 Å². The number of piperidine rings is 1. The molecule has 0 aromatic heterocycles. The third-order valence-corrected chi connectivity index (χ3v) is 3.97. The van der Waals surface area contributed by atoms with E-state index in [2.05, 4.69) is 24.3 Å². The summed E-state index contributed by atoms with van der Waals surface area (Å²) >= 11 is 0. The topological polar surface area (TPSA) is 15.3 Å². The first-order valence-electron chi connectivity index (χ1n) is 7.06. The predicted molar refractivity (Wildman–Crippen MR) is 72.9 cm³/mol. The molecule has 0 bridgehead atoms. The quantitative estimate of drug-likeness (QED) is 0.904. The summed E-state index contributed by atoms with van der Waals surface area (Å²) in [6.07, 6.45) is -0.951. The van der Waals surface area contributed by atoms with Crippen molar-refractivity contribution in [1.29, 1.82) is 0 Å². The zero-order chi connectivity index (χ0) is 14.8. The van der Waals surface area contributed by atoms with Crippen LogP contribution in [0.1, 0.15) is 44.2 Å². The second-order valence-electron chi connectivity index (χ2n) is 5.53. The van der Waals surface area contributed by atoms with Crippen molar-refractivity contribution in [3.63, 3.8) is 0 Å². The van der Waals surface area contributed by atoms with Crippen LogP contribution in [0.3, 0.4) is 0 Å². The minimum atomic E-state index is -4.29. The van der Waals surface area contributed by atoms with Gasteiger partial charge < -0.3 is 0 Å². The molecular weight excluding hydrogens is 265 g/mol. The van der Waals surface area contributed by atoms with Gasteiger partial charge in [0.15, 0.2) is 0 Å². The standard InChI is InChI=1S/C15H21F3N2/c1-11-6-5-7-12(2)20(11)19-10-13-8-3-4-9-14(13)15(16,17)18/h3-4,8-9,11-12,19H,5-7,10H2,1-2H3. The third-order valence-electron chi connectivity index (χ3n) is 3.97. The Morgan fingerprint density at radius 3 is 2.35 bits per heavy atom. The maximum atomic E-state index is 12.9. The molecule has 1 saturated heterocycles. The van der Waals surface area contributed by atoms with Crippen molar-refractivity contribution in [3.8, 4) is 0 Å². The van der Waals surface area contributed by atoms with Gasteiger partial charge in [-0.1, -0.05) is 24.6 Å². The van der Waals surface area contributed by atoms with Crippen LogP contribution < -0.4 is 5.43 Å². The van der Waals surface area contributed by atoms with Crippen LogP contribution in [0.2, 0.25) is 0 Å². The van der Waals surface area contributed by atoms with E-state index in [1.54, 1.807) is 6.07 Å². The van der Waals surface area contributed by atoms with Gasteiger partial charge in [-0.15, -0.1) is 0 Å². The highest BCUT2D eigenvalue weighted by Gasteiger charge is 2.33. The molecule has 1 aromatic rings. The van der Waals surface area contributed by atoms with Gasteiger partial charge in [-0.25, -0.2) is 5.01 Å². The van der Waals surface area contributed by atoms with E-state index in [4.69, 9.17) is 0 Å². The number of halogens is 3. The van der Waals surface area contributed by atoms with Gasteiger partial charge in [0.05, 0.1) is 5.56 Å². The fraction of sp³-hybridized carbons (Fsp3) is 0.600. The van der Waals surface area contributed by atoms with Gasteiger partial charge in [0.1, 0.15) is 0 Å². The fourth-order valence-corrected chi connectivity index (χ4v) is 2.86. The van der Waals surface area contributed by atoms with Crippen LogP contribution in [0, 0.1) is 0 Å². The smallest absolute Gasteiger partial charge is 0.250 e. The molecule has 1 heterocycles. The Kier molecular flexibility index (Phi) is 4.70. The second kappa shape index (κ2) is 6.14. The average Bonchev–Trinajstić information content (AvgIpc) is 2.37. The Balaban J connectivity index is 2.07. The van der Waals surface area contributed by atoms with Crippen LogP contribution in [0.5, 0.6) is 0 Å². The third kappa shape index (κ3) is 3.52. The van der Waals surface area contributed by atoms with E-state index in [1.807, 2.05) is 0 Å². The van der Waals surface area contributed by atoms with E-state index in [-0.39, 0.29) is 6.54 Å². The summed E-state index contributed by atoms with van der Waals surface area (Å²) in [5, 5.41) is 2.09. The van der Waals surface area contributed by atoms with Crippen molar-refractivity contribution in [2.75, 3.05) is 0 Å². The minimum Gasteiger partial charge on any atom is -0.250 e. The van der Waals surface area contributed by atoms with Crippen LogP contribution in [0.15, 0.2) is 24.3 Å². The lowest BCUT2D eigenvalue weighted by atomic mass is 10.00. The predicted octanol–water partition coefficient (Wildman–Crippen LogP) is 3.97. The monoisotopic (exact) mass is 286 g/mol. The maximum absolute atomic E-state index is 12.9. The van der Waals surface area contributed by atoms with Crippen molar-refractivity contribution in [2.45, 2.75) is 57.9 Å². The van der Waals surface area contributed by atoms with E-state index in [0.29, 0.717) is 17.6 Å². The zero-order valence-corrected chi connectivity index (χ0v) is 11.9. The molecule has 0 radical (unpaired) electrons. The molecule has 5 heteroatoms. The number of alkyl halides is 3. The summed E-state index contributed by atoms with van der Waals surface area (Å²) < 4.78 is 38.8. The molecule has 1 aromatic carbocycles. The molecule has 20 heavy (non-hydrogen) atoms. The molecule has 2 unspecified atom stereocenters. The Morgan fingerprint density at radius 1 is 1.15 bits per heavy atom. The lowest BCUT2D eigenvalue weighted by Gasteiger charge is -2.39. The number of hydrogen-bond donors (Lipinski definition) is 1. The average molecular weight is 286 g/mol. The van der Waals surface area contributed by atoms with E-state index in [9.17, 15) is 13.2 Å².